The quantitative estimate of drug-likeness (QED) is 0.777. The summed E-state index contributed by atoms with van der Waals surface area (Å²) in [6.07, 6.45) is 5.74. The molecule has 1 N–H and O–H groups in total. The number of aromatic nitrogens is 1. The van der Waals surface area contributed by atoms with Gasteiger partial charge in [0.25, 0.3) is 0 Å². The highest BCUT2D eigenvalue weighted by molar-refractivity contribution is 5.83. The number of hydrogen-bond acceptors (Lipinski definition) is 1. The molecule has 122 valence electrons. The summed E-state index contributed by atoms with van der Waals surface area (Å²) in [5.74, 6) is 0.253. The van der Waals surface area contributed by atoms with Gasteiger partial charge in [0.1, 0.15) is 0 Å². The van der Waals surface area contributed by atoms with E-state index in [1.54, 1.807) is 0 Å². The standard InChI is InChI=1S/C21H22N2O/c24-21(13-16-7-2-1-3-8-16)23-12-6-9-18(23)14-17-15-22-20-11-5-4-10-19(17)20/h1-5,7-8,10-11,15,18,22H,6,9,12-14H2. The van der Waals surface area contributed by atoms with Crippen LogP contribution in [0.5, 0.6) is 0 Å². The maximum Gasteiger partial charge on any atom is 0.227 e. The second kappa shape index (κ2) is 6.52. The Morgan fingerprint density at radius 3 is 2.75 bits per heavy atom. The molecule has 0 bridgehead atoms. The average molecular weight is 318 g/mol. The van der Waals surface area contributed by atoms with E-state index < -0.39 is 0 Å². The van der Waals surface area contributed by atoms with Gasteiger partial charge in [-0.15, -0.1) is 0 Å². The number of benzene rings is 2. The molecule has 1 fully saturated rings. The van der Waals surface area contributed by atoms with Gasteiger partial charge < -0.3 is 9.88 Å². The monoisotopic (exact) mass is 318 g/mol. The van der Waals surface area contributed by atoms with Crippen LogP contribution in [0, 0.1) is 0 Å². The lowest BCUT2D eigenvalue weighted by molar-refractivity contribution is -0.131. The number of para-hydroxylation sites is 1. The fraction of sp³-hybridized carbons (Fsp3) is 0.286. The van der Waals surface area contributed by atoms with Crippen molar-refractivity contribution in [3.05, 3.63) is 71.9 Å². The number of aromatic amines is 1. The van der Waals surface area contributed by atoms with E-state index in [2.05, 4.69) is 34.3 Å². The zero-order valence-electron chi connectivity index (χ0n) is 13.7. The highest BCUT2D eigenvalue weighted by atomic mass is 16.2. The summed E-state index contributed by atoms with van der Waals surface area (Å²) >= 11 is 0. The Morgan fingerprint density at radius 1 is 1.08 bits per heavy atom. The first-order valence-corrected chi connectivity index (χ1v) is 8.69. The van der Waals surface area contributed by atoms with Crippen molar-refractivity contribution in [1.82, 2.24) is 9.88 Å². The molecule has 0 spiro atoms. The zero-order valence-corrected chi connectivity index (χ0v) is 13.7. The summed E-state index contributed by atoms with van der Waals surface area (Å²) in [5.41, 5.74) is 3.59. The molecule has 1 aliphatic heterocycles. The van der Waals surface area contributed by atoms with Crippen LogP contribution in [0.15, 0.2) is 60.8 Å². The maximum absolute atomic E-state index is 12.7. The minimum absolute atomic E-state index is 0.253. The summed E-state index contributed by atoms with van der Waals surface area (Å²) < 4.78 is 0. The van der Waals surface area contributed by atoms with E-state index in [0.29, 0.717) is 12.5 Å². The largest absolute Gasteiger partial charge is 0.361 e. The Balaban J connectivity index is 1.49. The van der Waals surface area contributed by atoms with Crippen molar-refractivity contribution >= 4 is 16.8 Å². The number of nitrogens with one attached hydrogen (secondary N) is 1. The molecule has 0 radical (unpaired) electrons. The van der Waals surface area contributed by atoms with Gasteiger partial charge in [-0.1, -0.05) is 48.5 Å². The van der Waals surface area contributed by atoms with E-state index in [0.717, 1.165) is 31.4 Å². The number of nitrogens with zero attached hydrogens (tertiary/aromatic N) is 1. The highest BCUT2D eigenvalue weighted by Crippen LogP contribution is 2.26. The van der Waals surface area contributed by atoms with Crippen LogP contribution in [-0.2, 0) is 17.6 Å². The van der Waals surface area contributed by atoms with Gasteiger partial charge in [-0.05, 0) is 36.5 Å². The molecule has 1 atom stereocenters. The molecule has 0 saturated carbocycles. The van der Waals surface area contributed by atoms with Gasteiger partial charge in [-0.25, -0.2) is 0 Å². The van der Waals surface area contributed by atoms with Gasteiger partial charge in [0.2, 0.25) is 5.91 Å². The van der Waals surface area contributed by atoms with Crippen molar-refractivity contribution in [2.24, 2.45) is 0 Å². The predicted molar refractivity (Wildman–Crippen MR) is 96.9 cm³/mol. The lowest BCUT2D eigenvalue weighted by Gasteiger charge is -2.25. The molecule has 3 heteroatoms. The molecule has 3 nitrogen and oxygen atoms in total. The minimum Gasteiger partial charge on any atom is -0.361 e. The predicted octanol–water partition coefficient (Wildman–Crippen LogP) is 3.94. The third kappa shape index (κ3) is 2.94. The SMILES string of the molecule is O=C(Cc1ccccc1)N1CCCC1Cc1c[nH]c2ccccc12. The highest BCUT2D eigenvalue weighted by Gasteiger charge is 2.29. The first-order valence-electron chi connectivity index (χ1n) is 8.69. The number of likely N-dealkylation sites (tertiary alicyclic amines) is 1. The Kier molecular flexibility index (Phi) is 4.08. The number of amides is 1. The third-order valence-electron chi connectivity index (χ3n) is 5.03. The average Bonchev–Trinajstić information content (AvgIpc) is 3.24. The Labute approximate surface area is 142 Å². The van der Waals surface area contributed by atoms with Crippen LogP contribution in [0.4, 0.5) is 0 Å². The molecule has 1 aliphatic rings. The molecule has 1 saturated heterocycles. The molecule has 1 aromatic heterocycles. The van der Waals surface area contributed by atoms with Gasteiger partial charge >= 0.3 is 0 Å². The smallest absolute Gasteiger partial charge is 0.227 e. The molecule has 1 unspecified atom stereocenters. The van der Waals surface area contributed by atoms with Crippen molar-refractivity contribution in [2.75, 3.05) is 6.54 Å². The second-order valence-corrected chi connectivity index (χ2v) is 6.61. The number of hydrogen-bond donors (Lipinski definition) is 1. The van der Waals surface area contributed by atoms with Crippen LogP contribution in [-0.4, -0.2) is 28.4 Å². The van der Waals surface area contributed by atoms with Crippen LogP contribution in [0.2, 0.25) is 0 Å². The van der Waals surface area contributed by atoms with Crippen molar-refractivity contribution in [2.45, 2.75) is 31.7 Å². The van der Waals surface area contributed by atoms with Gasteiger partial charge in [0.05, 0.1) is 6.42 Å². The molecule has 0 aliphatic carbocycles. The van der Waals surface area contributed by atoms with Gasteiger partial charge in [-0.2, -0.15) is 0 Å². The van der Waals surface area contributed by atoms with Crippen LogP contribution < -0.4 is 0 Å². The van der Waals surface area contributed by atoms with Crippen molar-refractivity contribution in [3.8, 4) is 0 Å². The summed E-state index contributed by atoms with van der Waals surface area (Å²) in [6, 6.07) is 18.7. The molecule has 2 aromatic carbocycles. The number of fused-ring (bicyclic) bond motifs is 1. The van der Waals surface area contributed by atoms with E-state index in [9.17, 15) is 4.79 Å². The van der Waals surface area contributed by atoms with Crippen molar-refractivity contribution < 1.29 is 4.79 Å². The van der Waals surface area contributed by atoms with E-state index >= 15 is 0 Å². The fourth-order valence-electron chi connectivity index (χ4n) is 3.80. The number of carbonyl (C=O) groups is 1. The van der Waals surface area contributed by atoms with Crippen LogP contribution in [0.1, 0.15) is 24.0 Å². The second-order valence-electron chi connectivity index (χ2n) is 6.61. The first kappa shape index (κ1) is 15.0. The summed E-state index contributed by atoms with van der Waals surface area (Å²) in [6.45, 7) is 0.888. The normalized spacial score (nSPS) is 17.5. The van der Waals surface area contributed by atoms with E-state index in [1.165, 1.54) is 16.5 Å². The molecular weight excluding hydrogens is 296 g/mol. The Bertz CT molecular complexity index is 837. The molecular formula is C21H22N2O. The molecule has 2 heterocycles. The maximum atomic E-state index is 12.7. The topological polar surface area (TPSA) is 36.1 Å². The molecule has 4 rings (SSSR count). The summed E-state index contributed by atoms with van der Waals surface area (Å²) in [7, 11) is 0. The Morgan fingerprint density at radius 2 is 1.88 bits per heavy atom. The third-order valence-corrected chi connectivity index (χ3v) is 5.03. The number of carbonyl (C=O) groups excluding carboxylic acids is 1. The Hall–Kier alpha value is -2.55. The van der Waals surface area contributed by atoms with Gasteiger partial charge in [0, 0.05) is 29.7 Å². The first-order chi connectivity index (χ1) is 11.8. The lowest BCUT2D eigenvalue weighted by Crippen LogP contribution is -2.37. The van der Waals surface area contributed by atoms with Crippen LogP contribution in [0.3, 0.4) is 0 Å². The number of rotatable bonds is 4. The summed E-state index contributed by atoms with van der Waals surface area (Å²) in [5, 5.41) is 1.28. The fourth-order valence-corrected chi connectivity index (χ4v) is 3.80. The molecule has 24 heavy (non-hydrogen) atoms. The van der Waals surface area contributed by atoms with Crippen molar-refractivity contribution in [1.29, 1.82) is 0 Å². The van der Waals surface area contributed by atoms with Crippen molar-refractivity contribution in [3.63, 3.8) is 0 Å². The van der Waals surface area contributed by atoms with Crippen LogP contribution in [0.25, 0.3) is 10.9 Å². The molecule has 1 amide bonds. The summed E-state index contributed by atoms with van der Waals surface area (Å²) in [4.78, 5) is 18.2. The van der Waals surface area contributed by atoms with Gasteiger partial charge in [-0.3, -0.25) is 4.79 Å². The van der Waals surface area contributed by atoms with Crippen LogP contribution >= 0.6 is 0 Å². The molecule has 3 aromatic rings. The number of H-pyrrole nitrogens is 1. The zero-order chi connectivity index (χ0) is 16.4. The lowest BCUT2D eigenvalue weighted by atomic mass is 10.0. The van der Waals surface area contributed by atoms with E-state index in [-0.39, 0.29) is 5.91 Å². The minimum atomic E-state index is 0.253. The van der Waals surface area contributed by atoms with E-state index in [1.807, 2.05) is 36.4 Å². The van der Waals surface area contributed by atoms with Gasteiger partial charge in [0.15, 0.2) is 0 Å². The van der Waals surface area contributed by atoms with E-state index in [4.69, 9.17) is 0 Å².